The molecular formula is C28H31ClFN5O3. The largest absolute Gasteiger partial charge is 0.397 e. The molecule has 1 saturated heterocycles. The van der Waals surface area contributed by atoms with E-state index in [1.165, 1.54) is 18.2 Å². The summed E-state index contributed by atoms with van der Waals surface area (Å²) >= 11 is 5.88. The predicted molar refractivity (Wildman–Crippen MR) is 148 cm³/mol. The molecular weight excluding hydrogens is 509 g/mol. The highest BCUT2D eigenvalue weighted by Crippen LogP contribution is 2.21. The van der Waals surface area contributed by atoms with Crippen LogP contribution in [-0.4, -0.2) is 61.1 Å². The van der Waals surface area contributed by atoms with Crippen molar-refractivity contribution in [2.75, 3.05) is 55.8 Å². The zero-order chi connectivity index (χ0) is 26.9. The van der Waals surface area contributed by atoms with Gasteiger partial charge in [-0.15, -0.1) is 0 Å². The Labute approximate surface area is 226 Å². The third kappa shape index (κ3) is 7.67. The van der Waals surface area contributed by atoms with E-state index in [2.05, 4.69) is 15.5 Å². The predicted octanol–water partition coefficient (Wildman–Crippen LogP) is 5.07. The van der Waals surface area contributed by atoms with Crippen molar-refractivity contribution >= 4 is 40.6 Å². The quantitative estimate of drug-likeness (QED) is 0.330. The molecule has 4 rings (SSSR count). The first-order chi connectivity index (χ1) is 18.4. The molecule has 0 atom stereocenters. The van der Waals surface area contributed by atoms with E-state index in [-0.39, 0.29) is 17.0 Å². The average molecular weight is 540 g/mol. The zero-order valence-corrected chi connectivity index (χ0v) is 21.7. The summed E-state index contributed by atoms with van der Waals surface area (Å²) in [6, 6.07) is 17.9. The summed E-state index contributed by atoms with van der Waals surface area (Å²) in [4.78, 5) is 29.8. The standard InChI is InChI=1S/C28H31ClFN5O3/c29-23-18-22(10-11-24(23)30)32-28(37)35(13-3-12-34-14-16-38-17-15-34)19-20-6-8-21(9-7-20)27(36)33-26-5-2-1-4-25(26)31/h1-2,4-11,18H,3,12-17,19,31H2,(H,32,37)(H,33,36). The highest BCUT2D eigenvalue weighted by molar-refractivity contribution is 6.31. The van der Waals surface area contributed by atoms with E-state index in [4.69, 9.17) is 22.1 Å². The van der Waals surface area contributed by atoms with Crippen LogP contribution in [0.2, 0.25) is 5.02 Å². The summed E-state index contributed by atoms with van der Waals surface area (Å²) in [6.07, 6.45) is 0.774. The van der Waals surface area contributed by atoms with Crippen molar-refractivity contribution in [2.45, 2.75) is 13.0 Å². The van der Waals surface area contributed by atoms with E-state index in [1.807, 2.05) is 12.1 Å². The van der Waals surface area contributed by atoms with Crippen molar-refractivity contribution in [3.8, 4) is 0 Å². The van der Waals surface area contributed by atoms with Crippen LogP contribution in [0.3, 0.4) is 0 Å². The van der Waals surface area contributed by atoms with Crippen LogP contribution in [0, 0.1) is 5.82 Å². The van der Waals surface area contributed by atoms with Crippen LogP contribution in [0.4, 0.5) is 26.2 Å². The monoisotopic (exact) mass is 539 g/mol. The Morgan fingerprint density at radius 2 is 1.76 bits per heavy atom. The van der Waals surface area contributed by atoms with Gasteiger partial charge in [0.15, 0.2) is 0 Å². The Morgan fingerprint density at radius 3 is 2.47 bits per heavy atom. The minimum absolute atomic E-state index is 0.0622. The number of urea groups is 1. The lowest BCUT2D eigenvalue weighted by Crippen LogP contribution is -2.40. The second kappa shape index (κ2) is 13.2. The summed E-state index contributed by atoms with van der Waals surface area (Å²) in [6.45, 7) is 4.86. The van der Waals surface area contributed by atoms with Crippen LogP contribution in [-0.2, 0) is 11.3 Å². The molecule has 0 saturated carbocycles. The molecule has 10 heteroatoms. The van der Waals surface area contributed by atoms with Gasteiger partial charge >= 0.3 is 6.03 Å². The molecule has 0 bridgehead atoms. The Bertz CT molecular complexity index is 1250. The maximum absolute atomic E-state index is 13.6. The summed E-state index contributed by atoms with van der Waals surface area (Å²) in [5, 5.41) is 5.56. The van der Waals surface area contributed by atoms with Gasteiger partial charge in [0.1, 0.15) is 5.82 Å². The normalized spacial score (nSPS) is 13.6. The highest BCUT2D eigenvalue weighted by atomic mass is 35.5. The lowest BCUT2D eigenvalue weighted by molar-refractivity contribution is 0.0365. The Kier molecular flexibility index (Phi) is 9.53. The molecule has 4 N–H and O–H groups in total. The first-order valence-corrected chi connectivity index (χ1v) is 12.8. The fourth-order valence-corrected chi connectivity index (χ4v) is 4.31. The molecule has 0 spiro atoms. The Hall–Kier alpha value is -3.66. The number of rotatable bonds is 9. The number of ether oxygens (including phenoxy) is 1. The van der Waals surface area contributed by atoms with Crippen LogP contribution in [0.15, 0.2) is 66.7 Å². The molecule has 0 aliphatic carbocycles. The first kappa shape index (κ1) is 27.4. The first-order valence-electron chi connectivity index (χ1n) is 12.4. The Balaban J connectivity index is 1.41. The third-order valence-corrected chi connectivity index (χ3v) is 6.55. The molecule has 38 heavy (non-hydrogen) atoms. The number of nitrogens with zero attached hydrogens (tertiary/aromatic N) is 2. The minimum atomic E-state index is -0.550. The molecule has 1 aliphatic rings. The number of nitrogens with one attached hydrogen (secondary N) is 2. The summed E-state index contributed by atoms with van der Waals surface area (Å²) in [7, 11) is 0. The van der Waals surface area contributed by atoms with E-state index in [1.54, 1.807) is 41.3 Å². The van der Waals surface area contributed by atoms with Crippen LogP contribution < -0.4 is 16.4 Å². The number of nitrogen functional groups attached to an aromatic ring is 1. The smallest absolute Gasteiger partial charge is 0.322 e. The van der Waals surface area contributed by atoms with Crippen LogP contribution in [0.25, 0.3) is 0 Å². The van der Waals surface area contributed by atoms with E-state index >= 15 is 0 Å². The summed E-state index contributed by atoms with van der Waals surface area (Å²) in [5.74, 6) is -0.825. The number of hydrogen-bond acceptors (Lipinski definition) is 5. The van der Waals surface area contributed by atoms with Gasteiger partial charge in [-0.2, -0.15) is 0 Å². The highest BCUT2D eigenvalue weighted by Gasteiger charge is 2.17. The lowest BCUT2D eigenvalue weighted by Gasteiger charge is -2.28. The third-order valence-electron chi connectivity index (χ3n) is 6.26. The molecule has 1 aliphatic heterocycles. The van der Waals surface area contributed by atoms with Crippen molar-refractivity contribution in [3.05, 3.63) is 88.7 Å². The van der Waals surface area contributed by atoms with Gasteiger partial charge in [0.25, 0.3) is 5.91 Å². The van der Waals surface area contributed by atoms with Gasteiger partial charge in [-0.25, -0.2) is 9.18 Å². The van der Waals surface area contributed by atoms with E-state index in [0.717, 1.165) is 31.6 Å². The van der Waals surface area contributed by atoms with Crippen molar-refractivity contribution in [1.29, 1.82) is 0 Å². The average Bonchev–Trinajstić information content (AvgIpc) is 2.92. The second-order valence-corrected chi connectivity index (χ2v) is 9.43. The minimum Gasteiger partial charge on any atom is -0.397 e. The number of hydrogen-bond donors (Lipinski definition) is 3. The second-order valence-electron chi connectivity index (χ2n) is 9.03. The number of para-hydroxylation sites is 2. The van der Waals surface area contributed by atoms with Crippen molar-refractivity contribution < 1.29 is 18.7 Å². The number of nitrogens with two attached hydrogens (primary N) is 1. The van der Waals surface area contributed by atoms with Gasteiger partial charge < -0.3 is 26.0 Å². The van der Waals surface area contributed by atoms with Gasteiger partial charge in [0.2, 0.25) is 0 Å². The molecule has 3 aromatic carbocycles. The van der Waals surface area contributed by atoms with Gasteiger partial charge in [0, 0.05) is 44.0 Å². The maximum Gasteiger partial charge on any atom is 0.322 e. The maximum atomic E-state index is 13.6. The molecule has 0 aromatic heterocycles. The SMILES string of the molecule is Nc1ccccc1NC(=O)c1ccc(CN(CCCN2CCOCC2)C(=O)Nc2ccc(F)c(Cl)c2)cc1. The molecule has 1 heterocycles. The number of amides is 3. The van der Waals surface area contributed by atoms with Crippen molar-refractivity contribution in [1.82, 2.24) is 9.80 Å². The van der Waals surface area contributed by atoms with Gasteiger partial charge in [-0.1, -0.05) is 35.9 Å². The van der Waals surface area contributed by atoms with E-state index in [9.17, 15) is 14.0 Å². The van der Waals surface area contributed by atoms with Crippen molar-refractivity contribution in [2.24, 2.45) is 0 Å². The molecule has 3 aromatic rings. The van der Waals surface area contributed by atoms with E-state index in [0.29, 0.717) is 48.9 Å². The van der Waals surface area contributed by atoms with Crippen LogP contribution in [0.5, 0.6) is 0 Å². The number of halogens is 2. The number of carbonyl (C=O) groups excluding carboxylic acids is 2. The van der Waals surface area contributed by atoms with Crippen LogP contribution >= 0.6 is 11.6 Å². The fourth-order valence-electron chi connectivity index (χ4n) is 4.13. The molecule has 1 fully saturated rings. The van der Waals surface area contributed by atoms with Crippen LogP contribution in [0.1, 0.15) is 22.3 Å². The number of anilines is 3. The van der Waals surface area contributed by atoms with Gasteiger partial charge in [-0.3, -0.25) is 9.69 Å². The zero-order valence-electron chi connectivity index (χ0n) is 21.0. The Morgan fingerprint density at radius 1 is 1.03 bits per heavy atom. The van der Waals surface area contributed by atoms with Gasteiger partial charge in [-0.05, 0) is 54.4 Å². The fraction of sp³-hybridized carbons (Fsp3) is 0.286. The number of morpholine rings is 1. The summed E-state index contributed by atoms with van der Waals surface area (Å²) in [5.41, 5.74) is 8.69. The molecule has 0 radical (unpaired) electrons. The van der Waals surface area contributed by atoms with E-state index < -0.39 is 5.82 Å². The molecule has 8 nitrogen and oxygen atoms in total. The van der Waals surface area contributed by atoms with Crippen molar-refractivity contribution in [3.63, 3.8) is 0 Å². The number of benzene rings is 3. The topological polar surface area (TPSA) is 99.9 Å². The lowest BCUT2D eigenvalue weighted by atomic mass is 10.1. The van der Waals surface area contributed by atoms with Gasteiger partial charge in [0.05, 0.1) is 29.6 Å². The molecule has 0 unspecified atom stereocenters. The molecule has 3 amide bonds. The summed E-state index contributed by atoms with van der Waals surface area (Å²) < 4.78 is 19.0. The molecule has 200 valence electrons. The number of carbonyl (C=O) groups is 2.